The lowest BCUT2D eigenvalue weighted by Gasteiger charge is -2.20. The molecular weight excluding hydrogens is 404 g/mol. The van der Waals surface area contributed by atoms with Crippen molar-refractivity contribution in [3.63, 3.8) is 0 Å². The van der Waals surface area contributed by atoms with Crippen LogP contribution in [0.4, 0.5) is 0 Å². The Labute approximate surface area is 177 Å². The highest BCUT2D eigenvalue weighted by Crippen LogP contribution is 2.30. The molecule has 1 N–H and O–H groups in total. The van der Waals surface area contributed by atoms with Crippen LogP contribution in [0.25, 0.3) is 0 Å². The molecule has 160 valence electrons. The Hall–Kier alpha value is -2.58. The van der Waals surface area contributed by atoms with E-state index in [1.807, 2.05) is 18.2 Å². The molecule has 2 aromatic carbocycles. The van der Waals surface area contributed by atoms with Crippen LogP contribution in [-0.4, -0.2) is 44.9 Å². The van der Waals surface area contributed by atoms with Crippen molar-refractivity contribution < 1.29 is 22.7 Å². The zero-order valence-electron chi connectivity index (χ0n) is 16.8. The first-order valence-corrected chi connectivity index (χ1v) is 11.7. The maximum absolute atomic E-state index is 13.0. The Bertz CT molecular complexity index is 1010. The Morgan fingerprint density at radius 2 is 1.67 bits per heavy atom. The number of fused-ring (bicyclic) bond motifs is 1. The molecule has 2 heterocycles. The number of amides is 1. The fourth-order valence-corrected chi connectivity index (χ4v) is 5.27. The Morgan fingerprint density at radius 3 is 2.43 bits per heavy atom. The Morgan fingerprint density at radius 1 is 0.933 bits per heavy atom. The molecule has 0 aliphatic carbocycles. The van der Waals surface area contributed by atoms with E-state index in [4.69, 9.17) is 9.47 Å². The quantitative estimate of drug-likeness (QED) is 0.788. The van der Waals surface area contributed by atoms with E-state index in [2.05, 4.69) is 5.32 Å². The normalized spacial score (nSPS) is 17.2. The number of benzene rings is 2. The minimum Gasteiger partial charge on any atom is -0.486 e. The molecule has 2 aromatic rings. The third-order valence-electron chi connectivity index (χ3n) is 5.36. The summed E-state index contributed by atoms with van der Waals surface area (Å²) in [7, 11) is -3.60. The number of hydrogen-bond donors (Lipinski definition) is 1. The summed E-state index contributed by atoms with van der Waals surface area (Å²) in [4.78, 5) is 12.8. The van der Waals surface area contributed by atoms with E-state index < -0.39 is 10.0 Å². The van der Waals surface area contributed by atoms with Crippen LogP contribution in [0.3, 0.4) is 0 Å². The molecule has 2 aliphatic heterocycles. The van der Waals surface area contributed by atoms with Crippen LogP contribution in [0.2, 0.25) is 0 Å². The molecule has 7 nitrogen and oxygen atoms in total. The van der Waals surface area contributed by atoms with E-state index in [-0.39, 0.29) is 10.8 Å². The average molecular weight is 431 g/mol. The van der Waals surface area contributed by atoms with Crippen molar-refractivity contribution in [2.24, 2.45) is 0 Å². The third kappa shape index (κ3) is 4.60. The van der Waals surface area contributed by atoms with Crippen molar-refractivity contribution in [2.75, 3.05) is 26.3 Å². The largest absolute Gasteiger partial charge is 0.486 e. The number of carbonyl (C=O) groups excluding carboxylic acids is 1. The molecule has 0 aromatic heterocycles. The molecule has 1 amide bonds. The van der Waals surface area contributed by atoms with Gasteiger partial charge in [-0.2, -0.15) is 4.31 Å². The fourth-order valence-electron chi connectivity index (χ4n) is 3.71. The van der Waals surface area contributed by atoms with Crippen LogP contribution >= 0.6 is 0 Å². The van der Waals surface area contributed by atoms with Gasteiger partial charge in [-0.3, -0.25) is 4.79 Å². The summed E-state index contributed by atoms with van der Waals surface area (Å²) >= 11 is 0. The van der Waals surface area contributed by atoms with Gasteiger partial charge in [0.25, 0.3) is 5.91 Å². The highest BCUT2D eigenvalue weighted by atomic mass is 32.2. The summed E-state index contributed by atoms with van der Waals surface area (Å²) in [5, 5.41) is 2.85. The van der Waals surface area contributed by atoms with Gasteiger partial charge < -0.3 is 14.8 Å². The molecule has 0 radical (unpaired) electrons. The molecule has 1 fully saturated rings. The van der Waals surface area contributed by atoms with E-state index in [1.165, 1.54) is 10.4 Å². The van der Waals surface area contributed by atoms with Crippen LogP contribution in [0, 0.1) is 0 Å². The number of rotatable bonds is 5. The predicted octanol–water partition coefficient (Wildman–Crippen LogP) is 2.95. The van der Waals surface area contributed by atoms with Crippen LogP contribution < -0.4 is 14.8 Å². The van der Waals surface area contributed by atoms with Crippen LogP contribution in [0.5, 0.6) is 11.5 Å². The highest BCUT2D eigenvalue weighted by molar-refractivity contribution is 7.89. The van der Waals surface area contributed by atoms with Gasteiger partial charge in [0.1, 0.15) is 13.2 Å². The van der Waals surface area contributed by atoms with Crippen molar-refractivity contribution in [1.82, 2.24) is 9.62 Å². The van der Waals surface area contributed by atoms with Crippen molar-refractivity contribution >= 4 is 15.9 Å². The van der Waals surface area contributed by atoms with Gasteiger partial charge in [-0.05, 0) is 48.7 Å². The Balaban J connectivity index is 1.45. The molecule has 0 atom stereocenters. The summed E-state index contributed by atoms with van der Waals surface area (Å²) in [6, 6.07) is 11.8. The predicted molar refractivity (Wildman–Crippen MR) is 112 cm³/mol. The second kappa shape index (κ2) is 9.06. The lowest BCUT2D eigenvalue weighted by Crippen LogP contribution is -2.32. The summed E-state index contributed by atoms with van der Waals surface area (Å²) in [6.07, 6.45) is 3.84. The third-order valence-corrected chi connectivity index (χ3v) is 7.25. The standard InChI is InChI=1S/C22H26N2O5S/c25-22(23-16-17-8-9-20-21(14-17)29-13-12-28-20)18-6-5-7-19(15-18)30(26,27)24-10-3-1-2-4-11-24/h5-9,14-15H,1-4,10-13,16H2,(H,23,25). The summed E-state index contributed by atoms with van der Waals surface area (Å²) in [5.74, 6) is 1.04. The summed E-state index contributed by atoms with van der Waals surface area (Å²) in [5.41, 5.74) is 1.20. The van der Waals surface area contributed by atoms with E-state index in [9.17, 15) is 13.2 Å². The molecule has 30 heavy (non-hydrogen) atoms. The van der Waals surface area contributed by atoms with Gasteiger partial charge in [-0.15, -0.1) is 0 Å². The van der Waals surface area contributed by atoms with Gasteiger partial charge >= 0.3 is 0 Å². The van der Waals surface area contributed by atoms with Gasteiger partial charge in [0.05, 0.1) is 4.90 Å². The topological polar surface area (TPSA) is 84.9 Å². The monoisotopic (exact) mass is 430 g/mol. The smallest absolute Gasteiger partial charge is 0.251 e. The molecule has 0 bridgehead atoms. The minimum atomic E-state index is -3.60. The number of hydrogen-bond acceptors (Lipinski definition) is 5. The van der Waals surface area contributed by atoms with E-state index in [0.717, 1.165) is 31.2 Å². The van der Waals surface area contributed by atoms with Crippen molar-refractivity contribution in [1.29, 1.82) is 0 Å². The second-order valence-electron chi connectivity index (χ2n) is 7.51. The van der Waals surface area contributed by atoms with Crippen LogP contribution in [0.1, 0.15) is 41.6 Å². The molecular formula is C22H26N2O5S. The van der Waals surface area contributed by atoms with Gasteiger partial charge in [0.15, 0.2) is 11.5 Å². The minimum absolute atomic E-state index is 0.163. The molecule has 1 saturated heterocycles. The van der Waals surface area contributed by atoms with Gasteiger partial charge in [0, 0.05) is 25.2 Å². The maximum atomic E-state index is 13.0. The number of sulfonamides is 1. The molecule has 0 unspecified atom stereocenters. The number of nitrogens with one attached hydrogen (secondary N) is 1. The first-order chi connectivity index (χ1) is 14.5. The molecule has 0 spiro atoms. The first kappa shape index (κ1) is 20.7. The van der Waals surface area contributed by atoms with Crippen LogP contribution in [-0.2, 0) is 16.6 Å². The molecule has 2 aliphatic rings. The molecule has 0 saturated carbocycles. The lowest BCUT2D eigenvalue weighted by atomic mass is 10.1. The number of ether oxygens (including phenoxy) is 2. The zero-order valence-corrected chi connectivity index (χ0v) is 17.6. The van der Waals surface area contributed by atoms with Crippen LogP contribution in [0.15, 0.2) is 47.4 Å². The Kier molecular flexibility index (Phi) is 6.24. The summed E-state index contributed by atoms with van der Waals surface area (Å²) in [6.45, 7) is 2.39. The van der Waals surface area contributed by atoms with Crippen molar-refractivity contribution in [3.05, 3.63) is 53.6 Å². The first-order valence-electron chi connectivity index (χ1n) is 10.3. The van der Waals surface area contributed by atoms with Gasteiger partial charge in [-0.25, -0.2) is 8.42 Å². The highest BCUT2D eigenvalue weighted by Gasteiger charge is 2.25. The van der Waals surface area contributed by atoms with Gasteiger partial charge in [0.2, 0.25) is 10.0 Å². The molecule has 4 rings (SSSR count). The average Bonchev–Trinajstić information content (AvgIpc) is 3.08. The second-order valence-corrected chi connectivity index (χ2v) is 9.44. The molecule has 8 heteroatoms. The van der Waals surface area contributed by atoms with Crippen molar-refractivity contribution in [2.45, 2.75) is 37.1 Å². The lowest BCUT2D eigenvalue weighted by molar-refractivity contribution is 0.0950. The van der Waals surface area contributed by atoms with E-state index in [1.54, 1.807) is 18.2 Å². The summed E-state index contributed by atoms with van der Waals surface area (Å²) < 4.78 is 38.6. The van der Waals surface area contributed by atoms with Gasteiger partial charge in [-0.1, -0.05) is 25.0 Å². The number of carbonyl (C=O) groups is 1. The van der Waals surface area contributed by atoms with E-state index >= 15 is 0 Å². The fraction of sp³-hybridized carbons (Fsp3) is 0.409. The SMILES string of the molecule is O=C(NCc1ccc2c(c1)OCCO2)c1cccc(S(=O)(=O)N2CCCCCC2)c1. The number of nitrogens with zero attached hydrogens (tertiary/aromatic N) is 1. The van der Waals surface area contributed by atoms with Crippen molar-refractivity contribution in [3.8, 4) is 11.5 Å². The zero-order chi connectivity index (χ0) is 21.0. The maximum Gasteiger partial charge on any atom is 0.251 e. The van der Waals surface area contributed by atoms with E-state index in [0.29, 0.717) is 49.9 Å².